The van der Waals surface area contributed by atoms with Crippen LogP contribution in [0.2, 0.25) is 0 Å². The molecule has 39 heavy (non-hydrogen) atoms. The lowest BCUT2D eigenvalue weighted by atomic mass is 9.97. The van der Waals surface area contributed by atoms with Gasteiger partial charge in [0.1, 0.15) is 11.9 Å². The predicted molar refractivity (Wildman–Crippen MR) is 156 cm³/mol. The fourth-order valence-electron chi connectivity index (χ4n) is 5.13. The average Bonchev–Trinajstić information content (AvgIpc) is 3.46. The van der Waals surface area contributed by atoms with E-state index in [-0.39, 0.29) is 11.8 Å². The van der Waals surface area contributed by atoms with Crippen LogP contribution in [0.15, 0.2) is 59.5 Å². The van der Waals surface area contributed by atoms with E-state index in [0.717, 1.165) is 69.1 Å². The molecule has 0 bridgehead atoms. The number of hydrogen-bond donors (Lipinski definition) is 4. The van der Waals surface area contributed by atoms with E-state index in [1.165, 1.54) is 12.4 Å². The van der Waals surface area contributed by atoms with Crippen LogP contribution in [0, 0.1) is 5.92 Å². The minimum atomic E-state index is -0.677. The number of pyridine rings is 1. The SMILES string of the molecule is CN=C/C(=C\N)NC(=O)C(CC1CCCC1)NC(=O)c1cccc(Nc2ccc(N3CCN(C)CC3)nc2)c1. The molecule has 2 fully saturated rings. The summed E-state index contributed by atoms with van der Waals surface area (Å²) in [5.41, 5.74) is 8.09. The molecule has 2 aliphatic rings. The largest absolute Gasteiger partial charge is 0.403 e. The van der Waals surface area contributed by atoms with Crippen molar-refractivity contribution in [2.75, 3.05) is 50.5 Å². The number of aromatic nitrogens is 1. The normalized spacial score (nSPS) is 17.8. The van der Waals surface area contributed by atoms with E-state index in [2.05, 4.69) is 42.8 Å². The van der Waals surface area contributed by atoms with Crippen LogP contribution in [0.3, 0.4) is 0 Å². The van der Waals surface area contributed by atoms with Crippen LogP contribution in [0.25, 0.3) is 0 Å². The van der Waals surface area contributed by atoms with E-state index in [1.54, 1.807) is 19.2 Å². The van der Waals surface area contributed by atoms with Crippen LogP contribution in [0.4, 0.5) is 17.2 Å². The highest BCUT2D eigenvalue weighted by Gasteiger charge is 2.27. The Hall–Kier alpha value is -3.92. The van der Waals surface area contributed by atoms with Gasteiger partial charge in [0, 0.05) is 56.9 Å². The molecule has 2 amide bonds. The van der Waals surface area contributed by atoms with Gasteiger partial charge in [-0.15, -0.1) is 0 Å². The minimum absolute atomic E-state index is 0.298. The molecule has 1 aliphatic heterocycles. The molecule has 1 aromatic carbocycles. The minimum Gasteiger partial charge on any atom is -0.403 e. The Morgan fingerprint density at radius 2 is 1.90 bits per heavy atom. The zero-order valence-electron chi connectivity index (χ0n) is 22.9. The summed E-state index contributed by atoms with van der Waals surface area (Å²) in [6.07, 6.45) is 9.61. The fraction of sp³-hybridized carbons (Fsp3) is 0.448. The highest BCUT2D eigenvalue weighted by molar-refractivity contribution is 5.99. The zero-order chi connectivity index (χ0) is 27.6. The number of carbonyl (C=O) groups is 2. The Morgan fingerprint density at radius 1 is 1.13 bits per heavy atom. The second-order valence-electron chi connectivity index (χ2n) is 10.3. The van der Waals surface area contributed by atoms with Crippen molar-refractivity contribution in [3.8, 4) is 0 Å². The number of piperazine rings is 1. The number of rotatable bonds is 10. The number of aliphatic imine (C=N–C) groups is 1. The van der Waals surface area contributed by atoms with Gasteiger partial charge in [0.15, 0.2) is 0 Å². The highest BCUT2D eigenvalue weighted by atomic mass is 16.2. The van der Waals surface area contributed by atoms with Crippen LogP contribution in [-0.4, -0.2) is 74.2 Å². The topological polar surface area (TPSA) is 128 Å². The van der Waals surface area contributed by atoms with Crippen molar-refractivity contribution in [3.05, 3.63) is 60.1 Å². The van der Waals surface area contributed by atoms with E-state index < -0.39 is 6.04 Å². The Kier molecular flexibility index (Phi) is 9.91. The lowest BCUT2D eigenvalue weighted by molar-refractivity contribution is -0.122. The molecule has 0 spiro atoms. The number of nitrogens with one attached hydrogen (secondary N) is 3. The molecular formula is C29H40N8O2. The third-order valence-electron chi connectivity index (χ3n) is 7.37. The number of amides is 2. The summed E-state index contributed by atoms with van der Waals surface area (Å²) in [6, 6.07) is 10.6. The van der Waals surface area contributed by atoms with Crippen LogP contribution < -0.4 is 26.6 Å². The zero-order valence-corrected chi connectivity index (χ0v) is 22.9. The van der Waals surface area contributed by atoms with Gasteiger partial charge >= 0.3 is 0 Å². The van der Waals surface area contributed by atoms with Gasteiger partial charge in [0.05, 0.1) is 17.6 Å². The maximum absolute atomic E-state index is 13.3. The first-order valence-corrected chi connectivity index (χ1v) is 13.7. The van der Waals surface area contributed by atoms with Gasteiger partial charge in [-0.3, -0.25) is 14.6 Å². The summed E-state index contributed by atoms with van der Waals surface area (Å²) in [7, 11) is 3.74. The van der Waals surface area contributed by atoms with Crippen molar-refractivity contribution in [1.29, 1.82) is 0 Å². The van der Waals surface area contributed by atoms with Crippen LogP contribution >= 0.6 is 0 Å². The summed E-state index contributed by atoms with van der Waals surface area (Å²) in [6.45, 7) is 3.97. The van der Waals surface area contributed by atoms with Gasteiger partial charge in [-0.25, -0.2) is 4.98 Å². The quantitative estimate of drug-likeness (QED) is 0.347. The monoisotopic (exact) mass is 532 g/mol. The number of allylic oxidation sites excluding steroid dienone is 1. The van der Waals surface area contributed by atoms with Gasteiger partial charge in [-0.1, -0.05) is 31.7 Å². The first-order chi connectivity index (χ1) is 18.9. The molecule has 1 atom stereocenters. The van der Waals surface area contributed by atoms with Gasteiger partial charge < -0.3 is 31.5 Å². The Labute approximate surface area is 230 Å². The number of hydrogen-bond acceptors (Lipinski definition) is 8. The van der Waals surface area contributed by atoms with Crippen molar-refractivity contribution in [1.82, 2.24) is 20.5 Å². The van der Waals surface area contributed by atoms with Gasteiger partial charge in [0.25, 0.3) is 5.91 Å². The number of anilines is 3. The Balaban J connectivity index is 1.41. The van der Waals surface area contributed by atoms with Gasteiger partial charge in [0.2, 0.25) is 5.91 Å². The van der Waals surface area contributed by atoms with Crippen molar-refractivity contribution in [2.45, 2.75) is 38.1 Å². The van der Waals surface area contributed by atoms with Crippen LogP contribution in [-0.2, 0) is 4.79 Å². The summed E-state index contributed by atoms with van der Waals surface area (Å²) in [4.78, 5) is 39.5. The first kappa shape index (κ1) is 28.1. The fourth-order valence-corrected chi connectivity index (χ4v) is 5.13. The molecule has 4 rings (SSSR count). The Bertz CT molecular complexity index is 1170. The van der Waals surface area contributed by atoms with Crippen molar-refractivity contribution >= 4 is 35.2 Å². The maximum atomic E-state index is 13.3. The molecule has 1 aromatic heterocycles. The number of likely N-dealkylation sites (N-methyl/N-ethyl adjacent to an activating group) is 1. The lowest BCUT2D eigenvalue weighted by Crippen LogP contribution is -2.47. The third-order valence-corrected chi connectivity index (χ3v) is 7.37. The van der Waals surface area contributed by atoms with E-state index in [4.69, 9.17) is 5.73 Å². The average molecular weight is 533 g/mol. The summed E-state index contributed by atoms with van der Waals surface area (Å²) in [5, 5.41) is 9.07. The van der Waals surface area contributed by atoms with Crippen molar-refractivity contribution in [3.63, 3.8) is 0 Å². The van der Waals surface area contributed by atoms with Gasteiger partial charge in [-0.2, -0.15) is 0 Å². The van der Waals surface area contributed by atoms with E-state index >= 15 is 0 Å². The second kappa shape index (κ2) is 13.7. The molecule has 2 heterocycles. The highest BCUT2D eigenvalue weighted by Crippen LogP contribution is 2.29. The third kappa shape index (κ3) is 8.03. The molecule has 1 saturated heterocycles. The maximum Gasteiger partial charge on any atom is 0.252 e. The van der Waals surface area contributed by atoms with Gasteiger partial charge in [-0.05, 0) is 49.7 Å². The molecule has 1 unspecified atom stereocenters. The molecule has 0 radical (unpaired) electrons. The molecule has 1 saturated carbocycles. The summed E-state index contributed by atoms with van der Waals surface area (Å²) >= 11 is 0. The Morgan fingerprint density at radius 3 is 2.56 bits per heavy atom. The molecule has 208 valence electrons. The molecule has 10 heteroatoms. The second-order valence-corrected chi connectivity index (χ2v) is 10.3. The smallest absolute Gasteiger partial charge is 0.252 e. The van der Waals surface area contributed by atoms with Crippen LogP contribution in [0.1, 0.15) is 42.5 Å². The molecule has 2 aromatic rings. The number of nitrogens with zero attached hydrogens (tertiary/aromatic N) is 4. The van der Waals surface area contributed by atoms with E-state index in [1.807, 2.05) is 30.5 Å². The van der Waals surface area contributed by atoms with E-state index in [9.17, 15) is 9.59 Å². The van der Waals surface area contributed by atoms with Crippen molar-refractivity contribution in [2.24, 2.45) is 16.6 Å². The standard InChI is InChI=1S/C29H40N8O2/c1-31-19-25(18-30)34-29(39)26(16-21-6-3-4-7-21)35-28(38)22-8-5-9-23(17-22)33-24-10-11-27(32-20-24)37-14-12-36(2)13-15-37/h5,8-11,17-21,26,33H,3-4,6-7,12-16,30H2,1-2H3,(H,34,39)(H,35,38)/b25-18+,31-19?. The molecular weight excluding hydrogens is 492 g/mol. The van der Waals surface area contributed by atoms with Crippen LogP contribution in [0.5, 0.6) is 0 Å². The molecule has 1 aliphatic carbocycles. The number of nitrogens with two attached hydrogens (primary N) is 1. The summed E-state index contributed by atoms with van der Waals surface area (Å²) < 4.78 is 0. The van der Waals surface area contributed by atoms with E-state index in [0.29, 0.717) is 23.6 Å². The number of benzene rings is 1. The summed E-state index contributed by atoms with van der Waals surface area (Å²) in [5.74, 6) is 0.766. The molecule has 5 N–H and O–H groups in total. The van der Waals surface area contributed by atoms with Crippen molar-refractivity contribution < 1.29 is 9.59 Å². The first-order valence-electron chi connectivity index (χ1n) is 13.7. The number of carbonyl (C=O) groups excluding carboxylic acids is 2. The lowest BCUT2D eigenvalue weighted by Gasteiger charge is -2.33. The predicted octanol–water partition coefficient (Wildman–Crippen LogP) is 2.87. The molecule has 10 nitrogen and oxygen atoms in total.